The van der Waals surface area contributed by atoms with E-state index in [-0.39, 0.29) is 7.13 Å². The molecular formula is C24H32O4. The van der Waals surface area contributed by atoms with Crippen LogP contribution in [0, 0.1) is 82.0 Å². The molecule has 0 spiro atoms. The zero-order chi connectivity index (χ0) is 21.8. The summed E-state index contributed by atoms with van der Waals surface area (Å²) in [7, 11) is 0. The van der Waals surface area contributed by atoms with Crippen molar-refractivity contribution in [3.05, 3.63) is 44.8 Å². The average molecular weight is 385 g/mol. The van der Waals surface area contributed by atoms with Gasteiger partial charge in [-0.25, -0.2) is 4.79 Å². The summed E-state index contributed by atoms with van der Waals surface area (Å²) in [5, 5.41) is 8.84. The number of rotatable bonds is 3. The van der Waals surface area contributed by atoms with Crippen molar-refractivity contribution in [3.63, 3.8) is 0 Å². The SMILES string of the molecule is CC#CC#CC#CC#CC#CC.Cc1cc(CC(C)C)ccc1C(=O)O.O=O.[HH].[HH].[HH].[HH].[HH]. The van der Waals surface area contributed by atoms with Crippen LogP contribution in [-0.4, -0.2) is 11.1 Å². The Hall–Kier alpha value is -3.91. The fraction of sp³-hybridized carbons (Fsp3) is 0.292. The van der Waals surface area contributed by atoms with Crippen LogP contribution in [0.5, 0.6) is 0 Å². The first-order chi connectivity index (χ1) is 13.4. The molecule has 1 aromatic rings. The molecular weight excluding hydrogens is 352 g/mol. The van der Waals surface area contributed by atoms with E-state index in [2.05, 4.69) is 73.1 Å². The highest BCUT2D eigenvalue weighted by Crippen LogP contribution is 2.14. The van der Waals surface area contributed by atoms with Crippen molar-refractivity contribution < 1.29 is 17.0 Å². The standard InChI is InChI=1S/C12H16O2.C12H6.O2.5H2/c1-8(2)6-10-4-5-11(12(13)14)9(3)7-10;1-3-5-7-9-11-12-10-8-6-4-2;1-2;;;;;/h4-5,7-8H,6H2,1-3H3,(H,13,14);1-2H3;;5*1H. The molecule has 0 unspecified atom stereocenters. The maximum Gasteiger partial charge on any atom is 0.335 e. The number of hydrogen-bond donors (Lipinski definition) is 1. The number of hydrogen-bond acceptors (Lipinski definition) is 3. The number of carboxylic acid groups (broad SMARTS) is 1. The molecule has 4 nitrogen and oxygen atoms in total. The lowest BCUT2D eigenvalue weighted by Gasteiger charge is -2.07. The fourth-order valence-corrected chi connectivity index (χ4v) is 1.88. The summed E-state index contributed by atoms with van der Waals surface area (Å²) in [6.45, 7) is 9.59. The Morgan fingerprint density at radius 1 is 0.929 bits per heavy atom. The number of aryl methyl sites for hydroxylation is 1. The second-order valence-corrected chi connectivity index (χ2v) is 5.55. The van der Waals surface area contributed by atoms with E-state index in [9.17, 15) is 4.79 Å². The van der Waals surface area contributed by atoms with E-state index in [1.165, 1.54) is 5.56 Å². The number of carboxylic acids is 1. The third-order valence-corrected chi connectivity index (χ3v) is 2.85. The quantitative estimate of drug-likeness (QED) is 0.724. The van der Waals surface area contributed by atoms with Gasteiger partial charge in [0, 0.05) is 17.1 Å². The second-order valence-electron chi connectivity index (χ2n) is 5.55. The molecule has 0 atom stereocenters. The molecule has 0 heterocycles. The van der Waals surface area contributed by atoms with E-state index in [1.807, 2.05) is 19.1 Å². The summed E-state index contributed by atoms with van der Waals surface area (Å²) >= 11 is 0. The summed E-state index contributed by atoms with van der Waals surface area (Å²) in [6, 6.07) is 5.55. The highest BCUT2D eigenvalue weighted by molar-refractivity contribution is 5.89. The highest BCUT2D eigenvalue weighted by atomic mass is 16.7. The first-order valence-corrected chi connectivity index (χ1v) is 8.25. The molecule has 152 valence electrons. The second kappa shape index (κ2) is 17.9. The lowest BCUT2D eigenvalue weighted by atomic mass is 9.98. The summed E-state index contributed by atoms with van der Waals surface area (Å²) in [5.41, 5.74) is 2.45. The molecule has 0 aliphatic rings. The van der Waals surface area contributed by atoms with Gasteiger partial charge in [-0.1, -0.05) is 37.8 Å². The predicted octanol–water partition coefficient (Wildman–Crippen LogP) is 5.23. The van der Waals surface area contributed by atoms with Gasteiger partial charge >= 0.3 is 5.97 Å². The third kappa shape index (κ3) is 14.4. The zero-order valence-electron chi connectivity index (χ0n) is 16.7. The van der Waals surface area contributed by atoms with Crippen LogP contribution < -0.4 is 0 Å². The lowest BCUT2D eigenvalue weighted by molar-refractivity contribution is 0.0696. The van der Waals surface area contributed by atoms with Gasteiger partial charge in [0.15, 0.2) is 0 Å². The summed E-state index contributed by atoms with van der Waals surface area (Å²) in [5.74, 6) is 25.3. The van der Waals surface area contributed by atoms with Crippen molar-refractivity contribution in [2.24, 2.45) is 5.92 Å². The van der Waals surface area contributed by atoms with Crippen LogP contribution in [0.2, 0.25) is 0 Å². The molecule has 0 saturated heterocycles. The molecule has 4 heteroatoms. The smallest absolute Gasteiger partial charge is 0.335 e. The topological polar surface area (TPSA) is 71.4 Å². The normalized spacial score (nSPS) is 7.07. The van der Waals surface area contributed by atoms with Crippen molar-refractivity contribution in [2.75, 3.05) is 0 Å². The number of carbonyl (C=O) groups is 1. The van der Waals surface area contributed by atoms with Crippen LogP contribution in [-0.2, 0) is 6.42 Å². The Morgan fingerprint density at radius 3 is 1.68 bits per heavy atom. The third-order valence-electron chi connectivity index (χ3n) is 2.85. The fourth-order valence-electron chi connectivity index (χ4n) is 1.88. The molecule has 1 N–H and O–H groups in total. The molecule has 0 aliphatic carbocycles. The van der Waals surface area contributed by atoms with Gasteiger partial charge in [0.1, 0.15) is 0 Å². The summed E-state index contributed by atoms with van der Waals surface area (Å²) in [4.78, 5) is 24.8. The molecule has 0 bridgehead atoms. The zero-order valence-corrected chi connectivity index (χ0v) is 16.7. The van der Waals surface area contributed by atoms with E-state index in [0.29, 0.717) is 11.5 Å². The van der Waals surface area contributed by atoms with Gasteiger partial charge in [-0.05, 0) is 97.7 Å². The van der Waals surface area contributed by atoms with Crippen molar-refractivity contribution in [1.29, 1.82) is 0 Å². The Balaban J connectivity index is -0.0000000672. The monoisotopic (exact) mass is 384 g/mol. The molecule has 0 saturated carbocycles. The number of benzene rings is 1. The maximum atomic E-state index is 10.8. The van der Waals surface area contributed by atoms with Gasteiger partial charge in [0.05, 0.1) is 5.56 Å². The van der Waals surface area contributed by atoms with Gasteiger partial charge in [-0.3, -0.25) is 0 Å². The molecule has 0 fully saturated rings. The van der Waals surface area contributed by atoms with Crippen molar-refractivity contribution >= 4 is 5.97 Å². The maximum absolute atomic E-state index is 10.8. The minimum Gasteiger partial charge on any atom is -0.478 e. The van der Waals surface area contributed by atoms with Crippen LogP contribution in [0.25, 0.3) is 0 Å². The van der Waals surface area contributed by atoms with Crippen LogP contribution >= 0.6 is 0 Å². The van der Waals surface area contributed by atoms with E-state index < -0.39 is 5.97 Å². The van der Waals surface area contributed by atoms with E-state index >= 15 is 0 Å². The van der Waals surface area contributed by atoms with Gasteiger partial charge in [-0.15, -0.1) is 0 Å². The molecule has 0 amide bonds. The molecule has 0 aliphatic heterocycles. The summed E-state index contributed by atoms with van der Waals surface area (Å²) in [6.07, 6.45) is 1.00. The first kappa shape index (κ1) is 26.3. The van der Waals surface area contributed by atoms with Crippen LogP contribution in [0.15, 0.2) is 18.2 Å². The van der Waals surface area contributed by atoms with Crippen LogP contribution in [0.3, 0.4) is 0 Å². The van der Waals surface area contributed by atoms with E-state index in [1.54, 1.807) is 19.9 Å². The van der Waals surface area contributed by atoms with Crippen molar-refractivity contribution in [3.8, 4) is 59.2 Å². The van der Waals surface area contributed by atoms with Gasteiger partial charge < -0.3 is 5.11 Å². The van der Waals surface area contributed by atoms with Crippen LogP contribution in [0.1, 0.15) is 56.3 Å². The Labute approximate surface area is 174 Å². The minimum absolute atomic E-state index is 0. The van der Waals surface area contributed by atoms with Crippen LogP contribution in [0.4, 0.5) is 0 Å². The van der Waals surface area contributed by atoms with Gasteiger partial charge in [0.2, 0.25) is 0 Å². The Morgan fingerprint density at radius 2 is 1.36 bits per heavy atom. The van der Waals surface area contributed by atoms with Gasteiger partial charge in [0.25, 0.3) is 0 Å². The molecule has 1 rings (SSSR count). The minimum atomic E-state index is -0.849. The van der Waals surface area contributed by atoms with E-state index in [0.717, 1.165) is 12.0 Å². The largest absolute Gasteiger partial charge is 0.478 e. The average Bonchev–Trinajstić information content (AvgIpc) is 2.65. The molecule has 0 aromatic heterocycles. The predicted molar refractivity (Wildman–Crippen MR) is 124 cm³/mol. The highest BCUT2D eigenvalue weighted by Gasteiger charge is 2.07. The van der Waals surface area contributed by atoms with Crippen molar-refractivity contribution in [2.45, 2.75) is 41.0 Å². The summed E-state index contributed by atoms with van der Waals surface area (Å²) < 4.78 is 0. The van der Waals surface area contributed by atoms with E-state index in [4.69, 9.17) is 15.0 Å². The molecule has 1 aromatic carbocycles. The van der Waals surface area contributed by atoms with Gasteiger partial charge in [-0.2, -0.15) is 0 Å². The Bertz CT molecular complexity index is 923. The number of aromatic carboxylic acids is 1. The van der Waals surface area contributed by atoms with Crippen molar-refractivity contribution in [1.82, 2.24) is 0 Å². The first-order valence-electron chi connectivity index (χ1n) is 8.25. The lowest BCUT2D eigenvalue weighted by Crippen LogP contribution is -2.01. The molecule has 28 heavy (non-hydrogen) atoms. The Kier molecular flexibility index (Phi) is 16.8. The molecule has 0 radical (unpaired) electrons.